The standard InChI is InChI=1S/C23H24N6O/c1-16-10-17(11-16)13-28(19-8-6-18(7-9-19)21-12-24-15-25-21)23(30)14-29-22-5-3-2-4-20(22)26-27-29/h2-9,12,15-17H,10-11,13-14H2,1H3,(H,24,25). The number of carbonyl (C=O) groups excluding carboxylic acids is 1. The Morgan fingerprint density at radius 1 is 1.17 bits per heavy atom. The zero-order valence-corrected chi connectivity index (χ0v) is 16.9. The van der Waals surface area contributed by atoms with Crippen molar-refractivity contribution in [3.8, 4) is 11.3 Å². The number of rotatable bonds is 6. The molecule has 1 fully saturated rings. The summed E-state index contributed by atoms with van der Waals surface area (Å²) in [5, 5.41) is 8.37. The SMILES string of the molecule is CC1CC(CN(C(=O)Cn2nnc3ccccc32)c2ccc(-c3cnc[nH]3)cc2)C1. The van der Waals surface area contributed by atoms with Gasteiger partial charge in [-0.05, 0) is 54.5 Å². The molecule has 1 saturated carbocycles. The van der Waals surface area contributed by atoms with Gasteiger partial charge >= 0.3 is 0 Å². The van der Waals surface area contributed by atoms with E-state index in [4.69, 9.17) is 0 Å². The molecule has 7 heteroatoms. The van der Waals surface area contributed by atoms with Gasteiger partial charge in [0.2, 0.25) is 5.91 Å². The van der Waals surface area contributed by atoms with Crippen molar-refractivity contribution in [2.24, 2.45) is 11.8 Å². The van der Waals surface area contributed by atoms with E-state index in [2.05, 4.69) is 27.2 Å². The Hall–Kier alpha value is -3.48. The number of fused-ring (bicyclic) bond motifs is 1. The molecule has 1 aliphatic rings. The maximum atomic E-state index is 13.3. The minimum Gasteiger partial charge on any atom is -0.345 e. The average Bonchev–Trinajstić information content (AvgIpc) is 3.41. The summed E-state index contributed by atoms with van der Waals surface area (Å²) in [5.41, 5.74) is 4.59. The fourth-order valence-corrected chi connectivity index (χ4v) is 4.31. The maximum absolute atomic E-state index is 13.3. The summed E-state index contributed by atoms with van der Waals surface area (Å²) < 4.78 is 1.69. The predicted octanol–water partition coefficient (Wildman–Crippen LogP) is 3.90. The van der Waals surface area contributed by atoms with Crippen LogP contribution in [-0.4, -0.2) is 37.4 Å². The van der Waals surface area contributed by atoms with Crippen LogP contribution in [0, 0.1) is 11.8 Å². The molecule has 2 aromatic heterocycles. The largest absolute Gasteiger partial charge is 0.345 e. The highest BCUT2D eigenvalue weighted by molar-refractivity contribution is 5.94. The van der Waals surface area contributed by atoms with Gasteiger partial charge in [-0.1, -0.05) is 36.4 Å². The molecule has 0 unspecified atom stereocenters. The summed E-state index contributed by atoms with van der Waals surface area (Å²) in [6.07, 6.45) is 5.80. The molecule has 1 N–H and O–H groups in total. The molecule has 30 heavy (non-hydrogen) atoms. The fourth-order valence-electron chi connectivity index (χ4n) is 4.31. The average molecular weight is 400 g/mol. The first-order chi connectivity index (χ1) is 14.7. The normalized spacial score (nSPS) is 18.3. The van der Waals surface area contributed by atoms with Gasteiger partial charge in [0.25, 0.3) is 0 Å². The van der Waals surface area contributed by atoms with Crippen molar-refractivity contribution in [1.29, 1.82) is 0 Å². The Labute approximate surface area is 174 Å². The number of hydrogen-bond acceptors (Lipinski definition) is 4. The second kappa shape index (κ2) is 7.74. The number of H-pyrrole nitrogens is 1. The van der Waals surface area contributed by atoms with Crippen LogP contribution in [0.25, 0.3) is 22.3 Å². The molecule has 0 radical (unpaired) electrons. The molecule has 2 heterocycles. The van der Waals surface area contributed by atoms with Crippen LogP contribution in [0.4, 0.5) is 5.69 Å². The van der Waals surface area contributed by atoms with Crippen molar-refractivity contribution >= 4 is 22.6 Å². The van der Waals surface area contributed by atoms with Crippen LogP contribution in [0.3, 0.4) is 0 Å². The number of carbonyl (C=O) groups is 1. The molecule has 0 spiro atoms. The minimum atomic E-state index is 0.0273. The van der Waals surface area contributed by atoms with E-state index in [1.807, 2.05) is 53.4 Å². The van der Waals surface area contributed by atoms with Crippen molar-refractivity contribution in [1.82, 2.24) is 25.0 Å². The molecule has 1 amide bonds. The summed E-state index contributed by atoms with van der Waals surface area (Å²) in [6, 6.07) is 15.8. The topological polar surface area (TPSA) is 79.7 Å². The van der Waals surface area contributed by atoms with E-state index in [1.165, 1.54) is 12.8 Å². The lowest BCUT2D eigenvalue weighted by molar-refractivity contribution is -0.119. The van der Waals surface area contributed by atoms with Gasteiger partial charge in [-0.2, -0.15) is 0 Å². The Morgan fingerprint density at radius 2 is 1.97 bits per heavy atom. The van der Waals surface area contributed by atoms with Gasteiger partial charge in [0.15, 0.2) is 0 Å². The Morgan fingerprint density at radius 3 is 2.70 bits per heavy atom. The lowest BCUT2D eigenvalue weighted by atomic mass is 9.76. The van der Waals surface area contributed by atoms with E-state index in [1.54, 1.807) is 17.2 Å². The fraction of sp³-hybridized carbons (Fsp3) is 0.304. The van der Waals surface area contributed by atoms with Crippen LogP contribution in [0.15, 0.2) is 61.1 Å². The molecular weight excluding hydrogens is 376 g/mol. The summed E-state index contributed by atoms with van der Waals surface area (Å²) >= 11 is 0. The van der Waals surface area contributed by atoms with E-state index in [9.17, 15) is 4.79 Å². The van der Waals surface area contributed by atoms with Crippen LogP contribution < -0.4 is 4.90 Å². The molecule has 7 nitrogen and oxygen atoms in total. The van der Waals surface area contributed by atoms with Crippen molar-refractivity contribution in [2.75, 3.05) is 11.4 Å². The molecular formula is C23H24N6O. The van der Waals surface area contributed by atoms with E-state index in [0.29, 0.717) is 5.92 Å². The molecule has 4 aromatic rings. The summed E-state index contributed by atoms with van der Waals surface area (Å²) in [7, 11) is 0. The Kier molecular flexibility index (Phi) is 4.78. The van der Waals surface area contributed by atoms with Gasteiger partial charge < -0.3 is 9.88 Å². The van der Waals surface area contributed by atoms with Gasteiger partial charge in [0.1, 0.15) is 12.1 Å². The number of amides is 1. The molecule has 2 aromatic carbocycles. The van der Waals surface area contributed by atoms with Crippen LogP contribution in [-0.2, 0) is 11.3 Å². The zero-order chi connectivity index (χ0) is 20.5. The third-order valence-electron chi connectivity index (χ3n) is 5.91. The third-order valence-corrected chi connectivity index (χ3v) is 5.91. The highest BCUT2D eigenvalue weighted by atomic mass is 16.2. The van der Waals surface area contributed by atoms with Crippen molar-refractivity contribution in [3.63, 3.8) is 0 Å². The Balaban J connectivity index is 1.40. The maximum Gasteiger partial charge on any atom is 0.248 e. The van der Waals surface area contributed by atoms with Gasteiger partial charge in [-0.15, -0.1) is 5.10 Å². The third kappa shape index (κ3) is 3.58. The number of hydrogen-bond donors (Lipinski definition) is 1. The highest BCUT2D eigenvalue weighted by Gasteiger charge is 2.29. The van der Waals surface area contributed by atoms with E-state index < -0.39 is 0 Å². The summed E-state index contributed by atoms with van der Waals surface area (Å²) in [5.74, 6) is 1.32. The quantitative estimate of drug-likeness (QED) is 0.532. The second-order valence-electron chi connectivity index (χ2n) is 8.19. The number of anilines is 1. The van der Waals surface area contributed by atoms with Gasteiger partial charge in [0, 0.05) is 12.2 Å². The minimum absolute atomic E-state index is 0.0273. The highest BCUT2D eigenvalue weighted by Crippen LogP contribution is 2.35. The Bertz CT molecular complexity index is 1140. The van der Waals surface area contributed by atoms with E-state index >= 15 is 0 Å². The van der Waals surface area contributed by atoms with Gasteiger partial charge in [0.05, 0.1) is 23.7 Å². The number of nitrogens with one attached hydrogen (secondary N) is 1. The lowest BCUT2D eigenvalue weighted by Crippen LogP contribution is -2.41. The van der Waals surface area contributed by atoms with Gasteiger partial charge in [-0.25, -0.2) is 9.67 Å². The molecule has 0 aliphatic heterocycles. The zero-order valence-electron chi connectivity index (χ0n) is 16.9. The van der Waals surface area contributed by atoms with Gasteiger partial charge in [-0.3, -0.25) is 4.79 Å². The monoisotopic (exact) mass is 400 g/mol. The number of nitrogens with zero attached hydrogens (tertiary/aromatic N) is 5. The van der Waals surface area contributed by atoms with Crippen molar-refractivity contribution in [2.45, 2.75) is 26.3 Å². The molecule has 0 saturated heterocycles. The van der Waals surface area contributed by atoms with Crippen LogP contribution in [0.2, 0.25) is 0 Å². The molecule has 0 bridgehead atoms. The number of benzene rings is 2. The first-order valence-corrected chi connectivity index (χ1v) is 10.3. The lowest BCUT2D eigenvalue weighted by Gasteiger charge is -2.37. The summed E-state index contributed by atoms with van der Waals surface area (Å²) in [4.78, 5) is 22.5. The van der Waals surface area contributed by atoms with Crippen LogP contribution in [0.5, 0.6) is 0 Å². The van der Waals surface area contributed by atoms with E-state index in [0.717, 1.165) is 40.4 Å². The number of aromatic amines is 1. The van der Waals surface area contributed by atoms with Crippen molar-refractivity contribution < 1.29 is 4.79 Å². The number of para-hydroxylation sites is 1. The molecule has 5 rings (SSSR count). The van der Waals surface area contributed by atoms with Crippen molar-refractivity contribution in [3.05, 3.63) is 61.1 Å². The first kappa shape index (κ1) is 18.5. The first-order valence-electron chi connectivity index (χ1n) is 10.3. The smallest absolute Gasteiger partial charge is 0.248 e. The second-order valence-corrected chi connectivity index (χ2v) is 8.19. The summed E-state index contributed by atoms with van der Waals surface area (Å²) in [6.45, 7) is 3.17. The molecule has 152 valence electrons. The van der Waals surface area contributed by atoms with Crippen LogP contribution in [0.1, 0.15) is 19.8 Å². The van der Waals surface area contributed by atoms with E-state index in [-0.39, 0.29) is 12.5 Å². The molecule has 0 atom stereocenters. The number of aromatic nitrogens is 5. The number of imidazole rings is 1. The van der Waals surface area contributed by atoms with Crippen LogP contribution >= 0.6 is 0 Å². The molecule has 1 aliphatic carbocycles. The predicted molar refractivity (Wildman–Crippen MR) is 116 cm³/mol.